The highest BCUT2D eigenvalue weighted by Gasteiger charge is 2.29. The first kappa shape index (κ1) is 16.7. The van der Waals surface area contributed by atoms with Gasteiger partial charge in [0.15, 0.2) is 0 Å². The predicted molar refractivity (Wildman–Crippen MR) is 86.2 cm³/mol. The minimum atomic E-state index is 0.122. The molecule has 0 aromatic heterocycles. The van der Waals surface area contributed by atoms with E-state index < -0.39 is 0 Å². The Bertz CT molecular complexity index is 415. The van der Waals surface area contributed by atoms with Crippen molar-refractivity contribution < 1.29 is 19.2 Å². The van der Waals surface area contributed by atoms with E-state index in [0.717, 1.165) is 65.1 Å². The summed E-state index contributed by atoms with van der Waals surface area (Å²) in [4.78, 5) is 29.7. The molecule has 0 spiro atoms. The van der Waals surface area contributed by atoms with E-state index in [1.54, 1.807) is 9.80 Å². The highest BCUT2D eigenvalue weighted by atomic mass is 16.5. The van der Waals surface area contributed by atoms with Crippen LogP contribution < -0.4 is 4.90 Å². The van der Waals surface area contributed by atoms with Crippen molar-refractivity contribution in [2.75, 3.05) is 52.4 Å². The Morgan fingerprint density at radius 1 is 1.13 bits per heavy atom. The van der Waals surface area contributed by atoms with E-state index in [1.807, 2.05) is 4.90 Å². The van der Waals surface area contributed by atoms with Crippen molar-refractivity contribution in [1.29, 1.82) is 0 Å². The molecule has 2 amide bonds. The summed E-state index contributed by atoms with van der Waals surface area (Å²) in [6, 6.07) is 0. The molecule has 0 aromatic rings. The molecule has 3 aliphatic rings. The number of nitrogens with one attached hydrogen (secondary N) is 1. The molecule has 3 rings (SSSR count). The Morgan fingerprint density at radius 2 is 1.96 bits per heavy atom. The molecule has 0 bridgehead atoms. The highest BCUT2D eigenvalue weighted by Crippen LogP contribution is 2.12. The summed E-state index contributed by atoms with van der Waals surface area (Å²) in [6.45, 7) is 6.62. The molecule has 0 aromatic carbocycles. The Labute approximate surface area is 138 Å². The Hall–Kier alpha value is -1.14. The normalized spacial score (nSPS) is 27.3. The van der Waals surface area contributed by atoms with Crippen LogP contribution in [0.1, 0.15) is 38.5 Å². The summed E-state index contributed by atoms with van der Waals surface area (Å²) in [5.74, 6) is 0.273. The number of ether oxygens (including phenoxy) is 1. The molecular weight excluding hydrogens is 294 g/mol. The van der Waals surface area contributed by atoms with Gasteiger partial charge in [0.25, 0.3) is 0 Å². The lowest BCUT2D eigenvalue weighted by molar-refractivity contribution is -0.906. The molecule has 6 nitrogen and oxygen atoms in total. The van der Waals surface area contributed by atoms with Gasteiger partial charge < -0.3 is 19.4 Å². The van der Waals surface area contributed by atoms with Gasteiger partial charge in [-0.15, -0.1) is 0 Å². The second-order valence-corrected chi connectivity index (χ2v) is 7.10. The maximum Gasteiger partial charge on any atom is 0.242 e. The average Bonchev–Trinajstić information content (AvgIpc) is 2.98. The minimum Gasteiger partial charge on any atom is -0.372 e. The molecule has 130 valence electrons. The van der Waals surface area contributed by atoms with Crippen molar-refractivity contribution in [3.05, 3.63) is 0 Å². The van der Waals surface area contributed by atoms with Crippen molar-refractivity contribution in [1.82, 2.24) is 9.80 Å². The standard InChI is InChI=1S/C17H29N3O3/c21-16-6-2-1-3-7-20(16)14-17(22)19-10-8-18(9-11-19)13-15-5-4-12-23-15/h15H,1-14H2/p+1/t15-/m1/s1. The molecule has 0 aliphatic carbocycles. The van der Waals surface area contributed by atoms with Gasteiger partial charge in [0.2, 0.25) is 11.8 Å². The lowest BCUT2D eigenvalue weighted by Crippen LogP contribution is -3.15. The van der Waals surface area contributed by atoms with Gasteiger partial charge >= 0.3 is 0 Å². The van der Waals surface area contributed by atoms with Crippen LogP contribution >= 0.6 is 0 Å². The summed E-state index contributed by atoms with van der Waals surface area (Å²) < 4.78 is 5.71. The molecule has 1 atom stereocenters. The first-order chi connectivity index (χ1) is 11.2. The molecule has 3 heterocycles. The van der Waals surface area contributed by atoms with Gasteiger partial charge in [-0.3, -0.25) is 9.59 Å². The Kier molecular flexibility index (Phi) is 5.89. The number of likely N-dealkylation sites (tertiary alicyclic amines) is 1. The number of nitrogens with zero attached hydrogens (tertiary/aromatic N) is 2. The molecule has 6 heteroatoms. The second kappa shape index (κ2) is 8.11. The number of rotatable bonds is 4. The zero-order valence-electron chi connectivity index (χ0n) is 14.1. The van der Waals surface area contributed by atoms with Gasteiger partial charge in [0, 0.05) is 19.6 Å². The first-order valence-corrected chi connectivity index (χ1v) is 9.23. The fourth-order valence-corrected chi connectivity index (χ4v) is 3.87. The molecule has 3 saturated heterocycles. The van der Waals surface area contributed by atoms with Crippen LogP contribution in [0, 0.1) is 0 Å². The quantitative estimate of drug-likeness (QED) is 0.744. The average molecular weight is 324 g/mol. The van der Waals surface area contributed by atoms with Gasteiger partial charge in [-0.05, 0) is 25.7 Å². The van der Waals surface area contributed by atoms with E-state index in [9.17, 15) is 9.59 Å². The minimum absolute atomic E-state index is 0.122. The smallest absolute Gasteiger partial charge is 0.242 e. The summed E-state index contributed by atoms with van der Waals surface area (Å²) in [7, 11) is 0. The Balaban J connectivity index is 1.41. The number of piperazine rings is 1. The maximum absolute atomic E-state index is 12.5. The van der Waals surface area contributed by atoms with Crippen LogP contribution in [0.25, 0.3) is 0 Å². The van der Waals surface area contributed by atoms with Crippen molar-refractivity contribution in [2.24, 2.45) is 0 Å². The summed E-state index contributed by atoms with van der Waals surface area (Å²) in [5.41, 5.74) is 0. The third-order valence-corrected chi connectivity index (χ3v) is 5.36. The van der Waals surface area contributed by atoms with Crippen LogP contribution in [0.2, 0.25) is 0 Å². The van der Waals surface area contributed by atoms with E-state index in [4.69, 9.17) is 4.74 Å². The molecular formula is C17H30N3O3+. The zero-order chi connectivity index (χ0) is 16.1. The SMILES string of the molecule is O=C(CN1CCCCCC1=O)N1CC[NH+](C[C@H]2CCCO2)CC1. The molecule has 0 radical (unpaired) electrons. The van der Waals surface area contributed by atoms with Crippen LogP contribution in [-0.4, -0.2) is 80.1 Å². The third kappa shape index (κ3) is 4.67. The van der Waals surface area contributed by atoms with Crippen molar-refractivity contribution in [3.63, 3.8) is 0 Å². The van der Waals surface area contributed by atoms with Crippen LogP contribution in [0.3, 0.4) is 0 Å². The number of hydrogen-bond acceptors (Lipinski definition) is 3. The van der Waals surface area contributed by atoms with Crippen LogP contribution in [0.5, 0.6) is 0 Å². The second-order valence-electron chi connectivity index (χ2n) is 7.10. The summed E-state index contributed by atoms with van der Waals surface area (Å²) in [6.07, 6.45) is 6.49. The molecule has 0 saturated carbocycles. The first-order valence-electron chi connectivity index (χ1n) is 9.23. The zero-order valence-corrected chi connectivity index (χ0v) is 14.1. The Morgan fingerprint density at radius 3 is 2.70 bits per heavy atom. The number of carbonyl (C=O) groups is 2. The molecule has 3 fully saturated rings. The van der Waals surface area contributed by atoms with Crippen LogP contribution in [0.4, 0.5) is 0 Å². The van der Waals surface area contributed by atoms with Gasteiger partial charge in [-0.2, -0.15) is 0 Å². The predicted octanol–water partition coefficient (Wildman–Crippen LogP) is -0.705. The third-order valence-electron chi connectivity index (χ3n) is 5.36. The highest BCUT2D eigenvalue weighted by molar-refractivity contribution is 5.85. The fraction of sp³-hybridized carbons (Fsp3) is 0.882. The topological polar surface area (TPSA) is 54.3 Å². The number of carbonyl (C=O) groups excluding carboxylic acids is 2. The van der Waals surface area contributed by atoms with Crippen molar-refractivity contribution in [2.45, 2.75) is 44.6 Å². The van der Waals surface area contributed by atoms with E-state index in [2.05, 4.69) is 0 Å². The molecule has 0 unspecified atom stereocenters. The summed E-state index contributed by atoms with van der Waals surface area (Å²) in [5, 5.41) is 0. The van der Waals surface area contributed by atoms with E-state index >= 15 is 0 Å². The van der Waals surface area contributed by atoms with Gasteiger partial charge in [-0.1, -0.05) is 6.42 Å². The van der Waals surface area contributed by atoms with E-state index in [-0.39, 0.29) is 18.4 Å². The lowest BCUT2D eigenvalue weighted by atomic mass is 10.2. The fourth-order valence-electron chi connectivity index (χ4n) is 3.87. The van der Waals surface area contributed by atoms with Crippen LogP contribution in [-0.2, 0) is 14.3 Å². The number of hydrogen-bond donors (Lipinski definition) is 1. The largest absolute Gasteiger partial charge is 0.372 e. The monoisotopic (exact) mass is 324 g/mol. The molecule has 23 heavy (non-hydrogen) atoms. The van der Waals surface area contributed by atoms with E-state index in [0.29, 0.717) is 12.5 Å². The molecule has 1 N–H and O–H groups in total. The van der Waals surface area contributed by atoms with Crippen molar-refractivity contribution >= 4 is 11.8 Å². The number of amides is 2. The van der Waals surface area contributed by atoms with Crippen molar-refractivity contribution in [3.8, 4) is 0 Å². The maximum atomic E-state index is 12.5. The lowest BCUT2D eigenvalue weighted by Gasteiger charge is -2.34. The van der Waals surface area contributed by atoms with Gasteiger partial charge in [0.05, 0.1) is 32.7 Å². The summed E-state index contributed by atoms with van der Waals surface area (Å²) >= 11 is 0. The van der Waals surface area contributed by atoms with Gasteiger partial charge in [-0.25, -0.2) is 0 Å². The molecule has 3 aliphatic heterocycles. The number of quaternary nitrogens is 1. The van der Waals surface area contributed by atoms with Gasteiger partial charge in [0.1, 0.15) is 12.6 Å². The van der Waals surface area contributed by atoms with Crippen LogP contribution in [0.15, 0.2) is 0 Å². The van der Waals surface area contributed by atoms with E-state index in [1.165, 1.54) is 12.8 Å².